The van der Waals surface area contributed by atoms with Crippen molar-refractivity contribution in [2.75, 3.05) is 0 Å². The fourth-order valence-electron chi connectivity index (χ4n) is 3.48. The van der Waals surface area contributed by atoms with Crippen LogP contribution in [0.25, 0.3) is 0 Å². The second kappa shape index (κ2) is 6.91. The number of carbonyl (C=O) groups is 2. The van der Waals surface area contributed by atoms with Gasteiger partial charge in [0.05, 0.1) is 12.0 Å². The molecule has 1 heterocycles. The molecule has 0 atom stereocenters. The van der Waals surface area contributed by atoms with Gasteiger partial charge in [0.1, 0.15) is 5.76 Å². The van der Waals surface area contributed by atoms with Gasteiger partial charge in [-0.2, -0.15) is 0 Å². The zero-order valence-electron chi connectivity index (χ0n) is 13.5. The Morgan fingerprint density at radius 3 is 2.38 bits per heavy atom. The molecule has 0 radical (unpaired) electrons. The van der Waals surface area contributed by atoms with E-state index < -0.39 is 11.4 Å². The molecule has 5 heteroatoms. The molecule has 0 spiro atoms. The quantitative estimate of drug-likeness (QED) is 0.881. The molecule has 1 aliphatic carbocycles. The van der Waals surface area contributed by atoms with Crippen LogP contribution in [0.5, 0.6) is 0 Å². The Morgan fingerprint density at radius 1 is 1.04 bits per heavy atom. The largest absolute Gasteiger partial charge is 0.475 e. The molecule has 1 fully saturated rings. The van der Waals surface area contributed by atoms with Gasteiger partial charge in [-0.15, -0.1) is 0 Å². The highest BCUT2D eigenvalue weighted by atomic mass is 16.4. The van der Waals surface area contributed by atoms with Gasteiger partial charge in [0, 0.05) is 0 Å². The van der Waals surface area contributed by atoms with Crippen molar-refractivity contribution >= 4 is 11.9 Å². The van der Waals surface area contributed by atoms with Gasteiger partial charge in [-0.3, -0.25) is 4.79 Å². The van der Waals surface area contributed by atoms with Crippen LogP contribution >= 0.6 is 0 Å². The average Bonchev–Trinajstić information content (AvgIpc) is 3.10. The average molecular weight is 327 g/mol. The second-order valence-corrected chi connectivity index (χ2v) is 6.26. The minimum Gasteiger partial charge on any atom is -0.475 e. The summed E-state index contributed by atoms with van der Waals surface area (Å²) in [7, 11) is 0. The summed E-state index contributed by atoms with van der Waals surface area (Å²) < 4.78 is 5.21. The van der Waals surface area contributed by atoms with E-state index in [1.807, 2.05) is 30.3 Å². The lowest BCUT2D eigenvalue weighted by molar-refractivity contribution is -0.128. The van der Waals surface area contributed by atoms with Crippen molar-refractivity contribution in [1.82, 2.24) is 5.32 Å². The molecule has 126 valence electrons. The highest BCUT2D eigenvalue weighted by Gasteiger charge is 2.40. The molecule has 5 nitrogen and oxygen atoms in total. The van der Waals surface area contributed by atoms with Crippen LogP contribution < -0.4 is 5.32 Å². The second-order valence-electron chi connectivity index (χ2n) is 6.26. The van der Waals surface area contributed by atoms with Crippen LogP contribution in [-0.4, -0.2) is 17.0 Å². The first kappa shape index (κ1) is 16.3. The van der Waals surface area contributed by atoms with Gasteiger partial charge in [-0.1, -0.05) is 49.6 Å². The molecule has 0 bridgehead atoms. The lowest BCUT2D eigenvalue weighted by atomic mass is 9.68. The van der Waals surface area contributed by atoms with E-state index in [1.165, 1.54) is 6.07 Å². The maximum absolute atomic E-state index is 13.0. The SMILES string of the molecule is O=C(O)c1ccc(CNC(=O)C2(c3ccccc3)CCCCC2)o1. The van der Waals surface area contributed by atoms with E-state index in [9.17, 15) is 9.59 Å². The summed E-state index contributed by atoms with van der Waals surface area (Å²) in [5, 5.41) is 11.8. The number of carboxylic acids is 1. The maximum atomic E-state index is 13.0. The van der Waals surface area contributed by atoms with Crippen molar-refractivity contribution in [1.29, 1.82) is 0 Å². The molecule has 3 rings (SSSR count). The number of benzene rings is 1. The Hall–Kier alpha value is -2.56. The third-order valence-corrected chi connectivity index (χ3v) is 4.76. The predicted octanol–water partition coefficient (Wildman–Crippen LogP) is 3.50. The lowest BCUT2D eigenvalue weighted by Crippen LogP contribution is -2.45. The van der Waals surface area contributed by atoms with Crippen molar-refractivity contribution in [3.05, 3.63) is 59.5 Å². The fraction of sp³-hybridized carbons (Fsp3) is 0.368. The molecule has 2 aromatic rings. The Morgan fingerprint density at radius 2 is 1.75 bits per heavy atom. The van der Waals surface area contributed by atoms with Gasteiger partial charge in [0.25, 0.3) is 0 Å². The van der Waals surface area contributed by atoms with Crippen molar-refractivity contribution in [3.63, 3.8) is 0 Å². The van der Waals surface area contributed by atoms with Crippen LogP contribution in [0.2, 0.25) is 0 Å². The molecular weight excluding hydrogens is 306 g/mol. The minimum atomic E-state index is -1.11. The Balaban J connectivity index is 1.75. The highest BCUT2D eigenvalue weighted by Crippen LogP contribution is 2.39. The topological polar surface area (TPSA) is 79.5 Å². The zero-order chi connectivity index (χ0) is 17.0. The molecule has 0 saturated heterocycles. The van der Waals surface area contributed by atoms with Crippen molar-refractivity contribution in [3.8, 4) is 0 Å². The van der Waals surface area contributed by atoms with E-state index in [0.29, 0.717) is 5.76 Å². The van der Waals surface area contributed by atoms with Gasteiger partial charge in [0.2, 0.25) is 11.7 Å². The molecule has 0 unspecified atom stereocenters. The first-order chi connectivity index (χ1) is 11.6. The van der Waals surface area contributed by atoms with Crippen molar-refractivity contribution < 1.29 is 19.1 Å². The summed E-state index contributed by atoms with van der Waals surface area (Å²) in [6.45, 7) is 0.195. The zero-order valence-corrected chi connectivity index (χ0v) is 13.5. The number of hydrogen-bond acceptors (Lipinski definition) is 3. The third kappa shape index (κ3) is 3.20. The monoisotopic (exact) mass is 327 g/mol. The van der Waals surface area contributed by atoms with Gasteiger partial charge in [0.15, 0.2) is 0 Å². The molecule has 2 N–H and O–H groups in total. The molecule has 0 aliphatic heterocycles. The summed E-state index contributed by atoms with van der Waals surface area (Å²) in [6.07, 6.45) is 4.89. The van der Waals surface area contributed by atoms with Crippen LogP contribution in [0.15, 0.2) is 46.9 Å². The first-order valence-electron chi connectivity index (χ1n) is 8.28. The summed E-state index contributed by atoms with van der Waals surface area (Å²) in [4.78, 5) is 23.8. The van der Waals surface area contributed by atoms with Gasteiger partial charge in [-0.05, 0) is 30.5 Å². The Labute approximate surface area is 140 Å². The fourth-order valence-corrected chi connectivity index (χ4v) is 3.48. The van der Waals surface area contributed by atoms with E-state index in [1.54, 1.807) is 6.07 Å². The van der Waals surface area contributed by atoms with E-state index in [2.05, 4.69) is 5.32 Å². The van der Waals surface area contributed by atoms with Crippen LogP contribution in [-0.2, 0) is 16.8 Å². The number of amides is 1. The van der Waals surface area contributed by atoms with Crippen LogP contribution in [0.1, 0.15) is 54.0 Å². The smallest absolute Gasteiger partial charge is 0.371 e. The van der Waals surface area contributed by atoms with Crippen LogP contribution in [0.3, 0.4) is 0 Å². The van der Waals surface area contributed by atoms with Crippen LogP contribution in [0.4, 0.5) is 0 Å². The number of hydrogen-bond donors (Lipinski definition) is 2. The summed E-state index contributed by atoms with van der Waals surface area (Å²) in [6, 6.07) is 12.9. The van der Waals surface area contributed by atoms with Crippen LogP contribution in [0, 0.1) is 0 Å². The van der Waals surface area contributed by atoms with E-state index >= 15 is 0 Å². The number of furan rings is 1. The standard InChI is InChI=1S/C19H21NO4/c21-17(22)16-10-9-15(24-16)13-20-18(23)19(11-5-2-6-12-19)14-7-3-1-4-8-14/h1,3-4,7-10H,2,5-6,11-13H2,(H,20,23)(H,21,22). The number of carboxylic acid groups (broad SMARTS) is 1. The number of carbonyl (C=O) groups excluding carboxylic acids is 1. The molecule has 1 aromatic carbocycles. The predicted molar refractivity (Wildman–Crippen MR) is 88.7 cm³/mol. The van der Waals surface area contributed by atoms with E-state index in [-0.39, 0.29) is 18.2 Å². The molecule has 1 aliphatic rings. The first-order valence-corrected chi connectivity index (χ1v) is 8.28. The molecule has 24 heavy (non-hydrogen) atoms. The number of aromatic carboxylic acids is 1. The molecule has 1 saturated carbocycles. The molecule has 1 amide bonds. The summed E-state index contributed by atoms with van der Waals surface area (Å²) >= 11 is 0. The Kier molecular flexibility index (Phi) is 4.69. The third-order valence-electron chi connectivity index (χ3n) is 4.76. The van der Waals surface area contributed by atoms with Crippen molar-refractivity contribution in [2.45, 2.75) is 44.1 Å². The Bertz CT molecular complexity index is 714. The van der Waals surface area contributed by atoms with E-state index in [4.69, 9.17) is 9.52 Å². The van der Waals surface area contributed by atoms with Gasteiger partial charge in [-0.25, -0.2) is 4.79 Å². The lowest BCUT2D eigenvalue weighted by Gasteiger charge is -2.36. The molecule has 1 aromatic heterocycles. The summed E-state index contributed by atoms with van der Waals surface area (Å²) in [5.41, 5.74) is 0.551. The van der Waals surface area contributed by atoms with Crippen molar-refractivity contribution in [2.24, 2.45) is 0 Å². The maximum Gasteiger partial charge on any atom is 0.371 e. The van der Waals surface area contributed by atoms with Gasteiger partial charge < -0.3 is 14.8 Å². The normalized spacial score (nSPS) is 16.5. The highest BCUT2D eigenvalue weighted by molar-refractivity contribution is 5.88. The number of rotatable bonds is 5. The molecular formula is C19H21NO4. The van der Waals surface area contributed by atoms with E-state index in [0.717, 1.165) is 37.7 Å². The number of nitrogens with one attached hydrogen (secondary N) is 1. The summed E-state index contributed by atoms with van der Waals surface area (Å²) in [5.74, 6) is -0.795. The minimum absolute atomic E-state index is 0.0123. The van der Waals surface area contributed by atoms with Gasteiger partial charge >= 0.3 is 5.97 Å².